The minimum atomic E-state index is -3.11. The Kier molecular flexibility index (Phi) is 9.25. The van der Waals surface area contributed by atoms with Crippen LogP contribution in [-0.2, 0) is 14.8 Å². The summed E-state index contributed by atoms with van der Waals surface area (Å²) in [5, 5.41) is 0. The minimum Gasteiger partial charge on any atom is -0.384 e. The van der Waals surface area contributed by atoms with Crippen LogP contribution in [-0.4, -0.2) is 38.9 Å². The first-order valence-electron chi connectivity index (χ1n) is 4.64. The number of hydrogen-bond acceptors (Lipinski definition) is 3. The Morgan fingerprint density at radius 2 is 2.00 bits per heavy atom. The van der Waals surface area contributed by atoms with Crippen LogP contribution < -0.4 is 4.72 Å². The summed E-state index contributed by atoms with van der Waals surface area (Å²) in [5.74, 6) is 0.0514. The molecule has 1 N–H and O–H groups in total. The van der Waals surface area contributed by atoms with Gasteiger partial charge in [-0.15, -0.1) is 0 Å². The molecule has 0 aliphatic heterocycles. The second-order valence-corrected chi connectivity index (χ2v) is 5.96. The lowest BCUT2D eigenvalue weighted by Gasteiger charge is -2.05. The maximum atomic E-state index is 11.2. The molecule has 6 heteroatoms. The predicted molar refractivity (Wildman–Crippen MR) is 66.4 cm³/mol. The number of ether oxygens (including phenoxy) is 1. The molecule has 0 saturated carbocycles. The number of nitrogens with one attached hydrogen (secondary N) is 1. The van der Waals surface area contributed by atoms with Crippen LogP contribution >= 0.6 is 22.6 Å². The van der Waals surface area contributed by atoms with Crippen LogP contribution in [0.2, 0.25) is 0 Å². The Morgan fingerprint density at radius 1 is 1.29 bits per heavy atom. The van der Waals surface area contributed by atoms with Crippen molar-refractivity contribution in [3.8, 4) is 0 Å². The van der Waals surface area contributed by atoms with Crippen molar-refractivity contribution >= 4 is 32.6 Å². The van der Waals surface area contributed by atoms with E-state index < -0.39 is 10.0 Å². The highest BCUT2D eigenvalue weighted by Crippen LogP contribution is 1.98. The Balaban J connectivity index is 3.46. The van der Waals surface area contributed by atoms with Crippen molar-refractivity contribution in [3.63, 3.8) is 0 Å². The Morgan fingerprint density at radius 3 is 2.57 bits per heavy atom. The summed E-state index contributed by atoms with van der Waals surface area (Å²) >= 11 is 2.32. The molecule has 0 spiro atoms. The molecule has 4 nitrogen and oxygen atoms in total. The molecule has 0 aliphatic rings. The third-order valence-corrected chi connectivity index (χ3v) is 3.80. The fraction of sp³-hybridized carbons (Fsp3) is 1.00. The molecule has 0 unspecified atom stereocenters. The lowest BCUT2D eigenvalue weighted by molar-refractivity contribution is 0.217. The number of halogens is 1. The van der Waals surface area contributed by atoms with Crippen LogP contribution in [0.25, 0.3) is 0 Å². The molecule has 0 aromatic rings. The number of alkyl halides is 1. The number of rotatable bonds is 9. The van der Waals surface area contributed by atoms with Crippen molar-refractivity contribution in [2.75, 3.05) is 30.4 Å². The van der Waals surface area contributed by atoms with Gasteiger partial charge in [0.05, 0.1) is 12.4 Å². The predicted octanol–water partition coefficient (Wildman–Crippen LogP) is 1.16. The van der Waals surface area contributed by atoms with E-state index in [0.717, 1.165) is 23.7 Å². The summed E-state index contributed by atoms with van der Waals surface area (Å²) in [6.45, 7) is 0.797. The van der Waals surface area contributed by atoms with E-state index in [1.54, 1.807) is 0 Å². The van der Waals surface area contributed by atoms with Crippen molar-refractivity contribution < 1.29 is 13.2 Å². The molecule has 0 heterocycles. The van der Waals surface area contributed by atoms with Gasteiger partial charge >= 0.3 is 0 Å². The molecule has 0 amide bonds. The molecule has 0 radical (unpaired) electrons. The number of unbranched alkanes of at least 4 members (excludes halogenated alkanes) is 2. The Labute approximate surface area is 100.0 Å². The molecule has 0 aliphatic carbocycles. The fourth-order valence-electron chi connectivity index (χ4n) is 0.889. The van der Waals surface area contributed by atoms with Gasteiger partial charge in [0.25, 0.3) is 0 Å². The van der Waals surface area contributed by atoms with Crippen LogP contribution in [0.5, 0.6) is 0 Å². The van der Waals surface area contributed by atoms with E-state index in [1.165, 1.54) is 7.11 Å². The first-order valence-corrected chi connectivity index (χ1v) is 7.82. The summed E-state index contributed by atoms with van der Waals surface area (Å²) in [5.41, 5.74) is 0. The van der Waals surface area contributed by atoms with Crippen molar-refractivity contribution in [3.05, 3.63) is 0 Å². The van der Waals surface area contributed by atoms with E-state index >= 15 is 0 Å². The molecule has 0 fully saturated rings. The standard InChI is InChI=1S/C8H18INO3S/c1-13-7-8-14(11,12)10-6-4-2-3-5-9/h10H,2-8H2,1H3. The van der Waals surface area contributed by atoms with E-state index in [-0.39, 0.29) is 12.4 Å². The topological polar surface area (TPSA) is 55.4 Å². The van der Waals surface area contributed by atoms with E-state index in [1.807, 2.05) is 0 Å². The van der Waals surface area contributed by atoms with E-state index in [9.17, 15) is 8.42 Å². The summed E-state index contributed by atoms with van der Waals surface area (Å²) < 4.78 is 30.8. The average molecular weight is 335 g/mol. The zero-order valence-corrected chi connectivity index (χ0v) is 11.4. The molecule has 86 valence electrons. The summed E-state index contributed by atoms with van der Waals surface area (Å²) in [4.78, 5) is 0. The maximum absolute atomic E-state index is 11.2. The third-order valence-electron chi connectivity index (χ3n) is 1.69. The van der Waals surface area contributed by atoms with Gasteiger partial charge in [0.2, 0.25) is 10.0 Å². The van der Waals surface area contributed by atoms with E-state index in [2.05, 4.69) is 27.3 Å². The number of hydrogen-bond donors (Lipinski definition) is 1. The molecule has 0 rings (SSSR count). The van der Waals surface area contributed by atoms with Gasteiger partial charge in [-0.2, -0.15) is 0 Å². The number of sulfonamides is 1. The van der Waals surface area contributed by atoms with Gasteiger partial charge in [-0.1, -0.05) is 29.0 Å². The summed E-state index contributed by atoms with van der Waals surface area (Å²) in [6, 6.07) is 0. The van der Waals surface area contributed by atoms with Crippen molar-refractivity contribution in [1.29, 1.82) is 0 Å². The Hall–Kier alpha value is 0.600. The second kappa shape index (κ2) is 8.87. The number of methoxy groups -OCH3 is 1. The van der Waals surface area contributed by atoms with E-state index in [0.29, 0.717) is 6.54 Å². The monoisotopic (exact) mass is 335 g/mol. The van der Waals surface area contributed by atoms with Gasteiger partial charge in [-0.05, 0) is 17.3 Å². The highest BCUT2D eigenvalue weighted by molar-refractivity contribution is 14.1. The fourth-order valence-corrected chi connectivity index (χ4v) is 2.41. The quantitative estimate of drug-likeness (QED) is 0.391. The molecule has 0 bridgehead atoms. The first kappa shape index (κ1) is 14.6. The molecular formula is C8H18INO3S. The largest absolute Gasteiger partial charge is 0.384 e. The molecule has 0 atom stereocenters. The summed E-state index contributed by atoms with van der Waals surface area (Å²) in [6.07, 6.45) is 3.14. The molecule has 0 aromatic heterocycles. The molecule has 0 saturated heterocycles. The highest BCUT2D eigenvalue weighted by atomic mass is 127. The first-order chi connectivity index (χ1) is 6.62. The van der Waals surface area contributed by atoms with Gasteiger partial charge in [0, 0.05) is 13.7 Å². The second-order valence-electron chi connectivity index (χ2n) is 2.96. The zero-order valence-electron chi connectivity index (χ0n) is 8.46. The normalized spacial score (nSPS) is 11.9. The minimum absolute atomic E-state index is 0.0514. The van der Waals surface area contributed by atoms with Crippen molar-refractivity contribution in [2.45, 2.75) is 19.3 Å². The van der Waals surface area contributed by atoms with Crippen LogP contribution in [0.4, 0.5) is 0 Å². The van der Waals surface area contributed by atoms with Crippen molar-refractivity contribution in [2.24, 2.45) is 0 Å². The van der Waals surface area contributed by atoms with Gasteiger partial charge in [-0.25, -0.2) is 13.1 Å². The zero-order chi connectivity index (χ0) is 10.9. The smallest absolute Gasteiger partial charge is 0.213 e. The Bertz CT molecular complexity index is 219. The van der Waals surface area contributed by atoms with Crippen LogP contribution in [0.15, 0.2) is 0 Å². The SMILES string of the molecule is COCCS(=O)(=O)NCCCCCI. The van der Waals surface area contributed by atoms with Gasteiger partial charge in [0.15, 0.2) is 0 Å². The van der Waals surface area contributed by atoms with Gasteiger partial charge in [0.1, 0.15) is 0 Å². The maximum Gasteiger partial charge on any atom is 0.213 e. The van der Waals surface area contributed by atoms with Crippen molar-refractivity contribution in [1.82, 2.24) is 4.72 Å². The van der Waals surface area contributed by atoms with Crippen LogP contribution in [0.1, 0.15) is 19.3 Å². The lowest BCUT2D eigenvalue weighted by Crippen LogP contribution is -2.29. The molecular weight excluding hydrogens is 317 g/mol. The van der Waals surface area contributed by atoms with Crippen LogP contribution in [0, 0.1) is 0 Å². The van der Waals surface area contributed by atoms with Gasteiger partial charge in [-0.3, -0.25) is 0 Å². The van der Waals surface area contributed by atoms with E-state index in [4.69, 9.17) is 4.74 Å². The van der Waals surface area contributed by atoms with Gasteiger partial charge < -0.3 is 4.74 Å². The summed E-state index contributed by atoms with van der Waals surface area (Å²) in [7, 11) is -1.61. The molecule has 0 aromatic carbocycles. The average Bonchev–Trinajstić information content (AvgIpc) is 2.15. The lowest BCUT2D eigenvalue weighted by atomic mass is 10.3. The van der Waals surface area contributed by atoms with Crippen LogP contribution in [0.3, 0.4) is 0 Å². The molecule has 14 heavy (non-hydrogen) atoms. The third kappa shape index (κ3) is 9.17. The highest BCUT2D eigenvalue weighted by Gasteiger charge is 2.07.